The van der Waals surface area contributed by atoms with Crippen molar-refractivity contribution in [3.05, 3.63) is 36.0 Å². The molecular formula is C14H19N5O. The van der Waals surface area contributed by atoms with Gasteiger partial charge in [-0.1, -0.05) is 26.8 Å². The minimum absolute atomic E-state index is 0.0444. The number of benzene rings is 1. The highest BCUT2D eigenvalue weighted by atomic mass is 16.2. The second kappa shape index (κ2) is 5.24. The number of hydrogen-bond donors (Lipinski definition) is 4. The summed E-state index contributed by atoms with van der Waals surface area (Å²) in [6.07, 6.45) is 0. The van der Waals surface area contributed by atoms with Crippen LogP contribution in [-0.2, 0) is 5.41 Å². The molecule has 106 valence electrons. The molecule has 2 amide bonds. The Hall–Kier alpha value is -2.50. The van der Waals surface area contributed by atoms with Gasteiger partial charge in [-0.3, -0.25) is 10.4 Å². The van der Waals surface area contributed by atoms with Gasteiger partial charge in [-0.25, -0.2) is 4.79 Å². The van der Waals surface area contributed by atoms with Gasteiger partial charge in [0.25, 0.3) is 0 Å². The van der Waals surface area contributed by atoms with Crippen LogP contribution in [0.4, 0.5) is 22.0 Å². The van der Waals surface area contributed by atoms with Crippen molar-refractivity contribution in [3.63, 3.8) is 0 Å². The van der Waals surface area contributed by atoms with Gasteiger partial charge in [0.2, 0.25) is 0 Å². The molecule has 0 aliphatic carbocycles. The Kier molecular flexibility index (Phi) is 3.65. The Balaban J connectivity index is 2.00. The fourth-order valence-corrected chi connectivity index (χ4v) is 1.67. The molecule has 1 aromatic heterocycles. The molecule has 0 saturated heterocycles. The molecule has 0 fully saturated rings. The number of urea groups is 1. The van der Waals surface area contributed by atoms with E-state index in [-0.39, 0.29) is 11.4 Å². The molecule has 5 N–H and O–H groups in total. The summed E-state index contributed by atoms with van der Waals surface area (Å²) in [4.78, 5) is 11.8. The number of H-pyrrole nitrogens is 1. The lowest BCUT2D eigenvalue weighted by atomic mass is 9.92. The molecule has 0 unspecified atom stereocenters. The quantitative estimate of drug-likeness (QED) is 0.633. The third-order valence-electron chi connectivity index (χ3n) is 2.77. The lowest BCUT2D eigenvalue weighted by Crippen LogP contribution is -2.19. The second-order valence-electron chi connectivity index (χ2n) is 5.62. The van der Waals surface area contributed by atoms with Gasteiger partial charge in [-0.2, -0.15) is 5.10 Å². The Bertz CT molecular complexity index is 612. The van der Waals surface area contributed by atoms with Crippen LogP contribution >= 0.6 is 0 Å². The zero-order valence-corrected chi connectivity index (χ0v) is 11.8. The molecule has 0 spiro atoms. The average Bonchev–Trinajstić information content (AvgIpc) is 2.76. The molecule has 0 atom stereocenters. The first-order chi connectivity index (χ1) is 9.34. The van der Waals surface area contributed by atoms with E-state index in [9.17, 15) is 4.79 Å². The van der Waals surface area contributed by atoms with E-state index in [1.807, 2.05) is 6.07 Å². The van der Waals surface area contributed by atoms with Gasteiger partial charge in [0.1, 0.15) is 0 Å². The van der Waals surface area contributed by atoms with E-state index < -0.39 is 0 Å². The summed E-state index contributed by atoms with van der Waals surface area (Å²) < 4.78 is 0. The third kappa shape index (κ3) is 3.50. The summed E-state index contributed by atoms with van der Waals surface area (Å²) in [5.74, 6) is 0.483. The number of rotatable bonds is 2. The fraction of sp³-hybridized carbons (Fsp3) is 0.286. The number of nitrogen functional groups attached to an aromatic ring is 1. The fourth-order valence-electron chi connectivity index (χ4n) is 1.67. The number of aromatic amines is 1. The van der Waals surface area contributed by atoms with E-state index in [0.717, 1.165) is 5.69 Å². The predicted molar refractivity (Wildman–Crippen MR) is 80.8 cm³/mol. The molecule has 2 aromatic rings. The van der Waals surface area contributed by atoms with Crippen molar-refractivity contribution in [2.24, 2.45) is 0 Å². The van der Waals surface area contributed by atoms with Crippen molar-refractivity contribution in [1.29, 1.82) is 0 Å². The molecule has 0 radical (unpaired) electrons. The summed E-state index contributed by atoms with van der Waals surface area (Å²) in [7, 11) is 0. The standard InChI is InChI=1S/C14H19N5O/c1-14(2,3)11-8-12(19-18-11)17-13(20)16-10-6-4-5-9(15)7-10/h4-8H,15H2,1-3H3,(H3,16,17,18,19,20). The molecular weight excluding hydrogens is 254 g/mol. The van der Waals surface area contributed by atoms with Gasteiger partial charge < -0.3 is 11.1 Å². The summed E-state index contributed by atoms with van der Waals surface area (Å²) >= 11 is 0. The maximum atomic E-state index is 11.8. The number of amides is 2. The van der Waals surface area contributed by atoms with Crippen LogP contribution in [0.3, 0.4) is 0 Å². The van der Waals surface area contributed by atoms with E-state index in [0.29, 0.717) is 17.2 Å². The maximum Gasteiger partial charge on any atom is 0.324 e. The van der Waals surface area contributed by atoms with Crippen molar-refractivity contribution in [2.75, 3.05) is 16.4 Å². The van der Waals surface area contributed by atoms with Crippen LogP contribution in [-0.4, -0.2) is 16.2 Å². The number of anilines is 3. The summed E-state index contributed by atoms with van der Waals surface area (Å²) in [6.45, 7) is 6.20. The van der Waals surface area contributed by atoms with Gasteiger partial charge >= 0.3 is 6.03 Å². The Morgan fingerprint density at radius 3 is 2.60 bits per heavy atom. The minimum atomic E-state index is -0.359. The normalized spacial score (nSPS) is 11.2. The molecule has 6 nitrogen and oxygen atoms in total. The van der Waals surface area contributed by atoms with Crippen LogP contribution in [0.5, 0.6) is 0 Å². The van der Waals surface area contributed by atoms with Crippen molar-refractivity contribution in [3.8, 4) is 0 Å². The molecule has 2 rings (SSSR count). The third-order valence-corrected chi connectivity index (χ3v) is 2.77. The van der Waals surface area contributed by atoms with Gasteiger partial charge in [0.15, 0.2) is 5.82 Å². The molecule has 1 heterocycles. The first-order valence-corrected chi connectivity index (χ1v) is 6.34. The van der Waals surface area contributed by atoms with Gasteiger partial charge in [0, 0.05) is 28.6 Å². The van der Waals surface area contributed by atoms with E-state index in [2.05, 4.69) is 41.6 Å². The molecule has 0 aliphatic heterocycles. The lowest BCUT2D eigenvalue weighted by Gasteiger charge is -2.14. The van der Waals surface area contributed by atoms with Crippen LogP contribution in [0.1, 0.15) is 26.5 Å². The van der Waals surface area contributed by atoms with Crippen LogP contribution in [0, 0.1) is 0 Å². The number of nitrogens with one attached hydrogen (secondary N) is 3. The van der Waals surface area contributed by atoms with Crippen LogP contribution in [0.25, 0.3) is 0 Å². The zero-order chi connectivity index (χ0) is 14.8. The monoisotopic (exact) mass is 273 g/mol. The summed E-state index contributed by atoms with van der Waals surface area (Å²) in [5.41, 5.74) is 7.79. The lowest BCUT2D eigenvalue weighted by molar-refractivity contribution is 0.262. The Morgan fingerprint density at radius 1 is 1.25 bits per heavy atom. The summed E-state index contributed by atoms with van der Waals surface area (Å²) in [5, 5.41) is 12.3. The molecule has 20 heavy (non-hydrogen) atoms. The number of nitrogens with two attached hydrogens (primary N) is 1. The number of hydrogen-bond acceptors (Lipinski definition) is 3. The SMILES string of the molecule is CC(C)(C)c1cc(NC(=O)Nc2cccc(N)c2)n[nH]1. The average molecular weight is 273 g/mol. The van der Waals surface area contributed by atoms with E-state index in [4.69, 9.17) is 5.73 Å². The van der Waals surface area contributed by atoms with Crippen molar-refractivity contribution in [2.45, 2.75) is 26.2 Å². The van der Waals surface area contributed by atoms with Crippen molar-refractivity contribution in [1.82, 2.24) is 10.2 Å². The van der Waals surface area contributed by atoms with Gasteiger partial charge in [-0.15, -0.1) is 0 Å². The van der Waals surface area contributed by atoms with Crippen LogP contribution < -0.4 is 16.4 Å². The highest BCUT2D eigenvalue weighted by molar-refractivity contribution is 5.99. The topological polar surface area (TPSA) is 95.8 Å². The number of carbonyl (C=O) groups is 1. The van der Waals surface area contributed by atoms with E-state index in [1.165, 1.54) is 0 Å². The molecule has 0 bridgehead atoms. The van der Waals surface area contributed by atoms with E-state index in [1.54, 1.807) is 24.3 Å². The van der Waals surface area contributed by atoms with Gasteiger partial charge in [-0.05, 0) is 18.2 Å². The smallest absolute Gasteiger partial charge is 0.324 e. The van der Waals surface area contributed by atoms with Crippen LogP contribution in [0.15, 0.2) is 30.3 Å². The Morgan fingerprint density at radius 2 is 2.00 bits per heavy atom. The van der Waals surface area contributed by atoms with E-state index >= 15 is 0 Å². The second-order valence-corrected chi connectivity index (χ2v) is 5.62. The number of nitrogens with zero attached hydrogens (tertiary/aromatic N) is 1. The number of carbonyl (C=O) groups excluding carboxylic acids is 1. The maximum absolute atomic E-state index is 11.8. The predicted octanol–water partition coefficient (Wildman–Crippen LogP) is 2.93. The molecule has 0 aliphatic rings. The molecule has 1 aromatic carbocycles. The summed E-state index contributed by atoms with van der Waals surface area (Å²) in [6, 6.07) is 8.44. The number of aromatic nitrogens is 2. The zero-order valence-electron chi connectivity index (χ0n) is 11.8. The molecule has 0 saturated carbocycles. The minimum Gasteiger partial charge on any atom is -0.399 e. The van der Waals surface area contributed by atoms with Crippen molar-refractivity contribution >= 4 is 23.2 Å². The van der Waals surface area contributed by atoms with Gasteiger partial charge in [0.05, 0.1) is 0 Å². The Labute approximate surface area is 117 Å². The highest BCUT2D eigenvalue weighted by Gasteiger charge is 2.17. The van der Waals surface area contributed by atoms with Crippen LogP contribution in [0.2, 0.25) is 0 Å². The molecule has 6 heteroatoms. The highest BCUT2D eigenvalue weighted by Crippen LogP contribution is 2.22. The first kappa shape index (κ1) is 13.9. The largest absolute Gasteiger partial charge is 0.399 e. The first-order valence-electron chi connectivity index (χ1n) is 6.34. The van der Waals surface area contributed by atoms with Crippen molar-refractivity contribution < 1.29 is 4.79 Å².